The number of para-hydroxylation sites is 1. The number of hydrogen-bond acceptors (Lipinski definition) is 3. The molecule has 1 heterocycles. The Morgan fingerprint density at radius 1 is 1.18 bits per heavy atom. The molecule has 6 heteroatoms. The van der Waals surface area contributed by atoms with E-state index < -0.39 is 18.3 Å². The molecule has 1 aromatic heterocycles. The van der Waals surface area contributed by atoms with Crippen LogP contribution in [0.5, 0.6) is 0 Å². The number of carbonyl (C=O) groups is 1. The Morgan fingerprint density at radius 3 is 2.57 bits per heavy atom. The number of nitrogens with zero attached hydrogens (tertiary/aromatic N) is 2. The minimum absolute atomic E-state index is 0.243. The SMILES string of the molecule is CC(C)(NC(=O)c1nn(CCCC(O)CF)c2ccccc12)c1ccccc1. The maximum Gasteiger partial charge on any atom is 0.273 e. The van der Waals surface area contributed by atoms with Crippen molar-refractivity contribution in [2.75, 3.05) is 6.67 Å². The highest BCUT2D eigenvalue weighted by molar-refractivity contribution is 6.05. The Balaban J connectivity index is 1.83. The normalized spacial score (nSPS) is 12.9. The van der Waals surface area contributed by atoms with E-state index in [2.05, 4.69) is 10.4 Å². The predicted molar refractivity (Wildman–Crippen MR) is 108 cm³/mol. The van der Waals surface area contributed by atoms with Gasteiger partial charge in [0, 0.05) is 11.9 Å². The van der Waals surface area contributed by atoms with Crippen molar-refractivity contribution in [2.45, 2.75) is 44.9 Å². The minimum Gasteiger partial charge on any atom is -0.390 e. The number of aliphatic hydroxyl groups is 1. The molecule has 0 saturated heterocycles. The lowest BCUT2D eigenvalue weighted by Gasteiger charge is -2.26. The van der Waals surface area contributed by atoms with Gasteiger partial charge in [0.25, 0.3) is 5.91 Å². The van der Waals surface area contributed by atoms with Crippen LogP contribution in [0.2, 0.25) is 0 Å². The zero-order valence-corrected chi connectivity index (χ0v) is 16.2. The molecule has 0 aliphatic rings. The van der Waals surface area contributed by atoms with Crippen molar-refractivity contribution in [1.29, 1.82) is 0 Å². The van der Waals surface area contributed by atoms with Crippen molar-refractivity contribution in [3.63, 3.8) is 0 Å². The predicted octanol–water partition coefficient (Wildman–Crippen LogP) is 3.81. The number of alkyl halides is 1. The van der Waals surface area contributed by atoms with Crippen LogP contribution in [0.25, 0.3) is 10.9 Å². The number of nitrogens with one attached hydrogen (secondary N) is 1. The van der Waals surface area contributed by atoms with Crippen LogP contribution < -0.4 is 5.32 Å². The van der Waals surface area contributed by atoms with Crippen LogP contribution in [0.4, 0.5) is 4.39 Å². The van der Waals surface area contributed by atoms with E-state index in [1.54, 1.807) is 4.68 Å². The van der Waals surface area contributed by atoms with E-state index in [1.807, 2.05) is 68.4 Å². The molecule has 1 unspecified atom stereocenters. The highest BCUT2D eigenvalue weighted by atomic mass is 19.1. The van der Waals surface area contributed by atoms with Crippen LogP contribution in [0, 0.1) is 0 Å². The summed E-state index contributed by atoms with van der Waals surface area (Å²) in [7, 11) is 0. The molecule has 3 aromatic rings. The molecule has 148 valence electrons. The molecule has 0 aliphatic carbocycles. The zero-order valence-electron chi connectivity index (χ0n) is 16.2. The Kier molecular flexibility index (Phi) is 6.09. The summed E-state index contributed by atoms with van der Waals surface area (Å²) in [5.74, 6) is -0.243. The first kappa shape index (κ1) is 20.0. The fourth-order valence-electron chi connectivity index (χ4n) is 3.29. The Morgan fingerprint density at radius 2 is 1.86 bits per heavy atom. The highest BCUT2D eigenvalue weighted by Gasteiger charge is 2.26. The summed E-state index contributed by atoms with van der Waals surface area (Å²) in [4.78, 5) is 13.0. The maximum absolute atomic E-state index is 13.0. The molecule has 3 rings (SSSR count). The summed E-state index contributed by atoms with van der Waals surface area (Å²) < 4.78 is 14.2. The molecule has 1 atom stereocenters. The van der Waals surface area contributed by atoms with Crippen LogP contribution in [0.1, 0.15) is 42.7 Å². The Bertz CT molecular complexity index is 937. The highest BCUT2D eigenvalue weighted by Crippen LogP contribution is 2.23. The van der Waals surface area contributed by atoms with Gasteiger partial charge in [0.2, 0.25) is 0 Å². The molecule has 1 amide bonds. The zero-order chi connectivity index (χ0) is 20.1. The Labute approximate surface area is 164 Å². The molecular formula is C22H26FN3O2. The number of halogens is 1. The van der Waals surface area contributed by atoms with Crippen molar-refractivity contribution in [3.05, 3.63) is 65.9 Å². The van der Waals surface area contributed by atoms with Gasteiger partial charge in [-0.3, -0.25) is 9.48 Å². The second-order valence-electron chi connectivity index (χ2n) is 7.48. The molecule has 2 N–H and O–H groups in total. The monoisotopic (exact) mass is 383 g/mol. The third kappa shape index (κ3) is 4.39. The lowest BCUT2D eigenvalue weighted by molar-refractivity contribution is 0.0907. The van der Waals surface area contributed by atoms with E-state index in [9.17, 15) is 14.3 Å². The lowest BCUT2D eigenvalue weighted by Crippen LogP contribution is -2.41. The van der Waals surface area contributed by atoms with Gasteiger partial charge in [-0.05, 0) is 38.3 Å². The largest absolute Gasteiger partial charge is 0.390 e. The van der Waals surface area contributed by atoms with E-state index in [0.29, 0.717) is 25.1 Å². The summed E-state index contributed by atoms with van der Waals surface area (Å²) in [6.07, 6.45) is -0.0168. The van der Waals surface area contributed by atoms with Crippen molar-refractivity contribution >= 4 is 16.8 Å². The number of fused-ring (bicyclic) bond motifs is 1. The van der Waals surface area contributed by atoms with Gasteiger partial charge < -0.3 is 10.4 Å². The first-order valence-electron chi connectivity index (χ1n) is 9.50. The van der Waals surface area contributed by atoms with Crippen molar-refractivity contribution in [3.8, 4) is 0 Å². The number of aliphatic hydroxyl groups excluding tert-OH is 1. The quantitative estimate of drug-likeness (QED) is 0.622. The van der Waals surface area contributed by atoms with E-state index in [4.69, 9.17) is 0 Å². The second-order valence-corrected chi connectivity index (χ2v) is 7.48. The smallest absolute Gasteiger partial charge is 0.273 e. The summed E-state index contributed by atoms with van der Waals surface area (Å²) in [6, 6.07) is 17.3. The molecule has 0 spiro atoms. The summed E-state index contributed by atoms with van der Waals surface area (Å²) >= 11 is 0. The average Bonchev–Trinajstić information content (AvgIpc) is 3.07. The van der Waals surface area contributed by atoms with Crippen molar-refractivity contribution in [2.24, 2.45) is 0 Å². The van der Waals surface area contributed by atoms with E-state index >= 15 is 0 Å². The standard InChI is InChI=1S/C22H26FN3O2/c1-22(2,16-9-4-3-5-10-16)24-21(28)20-18-12-6-7-13-19(18)26(25-20)14-8-11-17(27)15-23/h3-7,9-10,12-13,17,27H,8,11,14-15H2,1-2H3,(H,24,28). The second kappa shape index (κ2) is 8.52. The summed E-state index contributed by atoms with van der Waals surface area (Å²) in [5, 5.41) is 17.8. The fraction of sp³-hybridized carbons (Fsp3) is 0.364. The van der Waals surface area contributed by atoms with Gasteiger partial charge in [-0.15, -0.1) is 0 Å². The Hall–Kier alpha value is -2.73. The van der Waals surface area contributed by atoms with Crippen LogP contribution >= 0.6 is 0 Å². The molecule has 0 fully saturated rings. The molecule has 0 radical (unpaired) electrons. The average molecular weight is 383 g/mol. The molecule has 2 aromatic carbocycles. The summed E-state index contributed by atoms with van der Waals surface area (Å²) in [5.41, 5.74) is 1.67. The number of carbonyl (C=O) groups excluding carboxylic acids is 1. The molecule has 0 aliphatic heterocycles. The third-order valence-corrected chi connectivity index (χ3v) is 4.88. The van der Waals surface area contributed by atoms with Crippen LogP contribution in [0.3, 0.4) is 0 Å². The maximum atomic E-state index is 13.0. The van der Waals surface area contributed by atoms with E-state index in [1.165, 1.54) is 0 Å². The topological polar surface area (TPSA) is 67.2 Å². The van der Waals surface area contributed by atoms with Crippen LogP contribution in [0.15, 0.2) is 54.6 Å². The molecule has 28 heavy (non-hydrogen) atoms. The van der Waals surface area contributed by atoms with E-state index in [0.717, 1.165) is 16.5 Å². The number of aryl methyl sites for hydroxylation is 1. The van der Waals surface area contributed by atoms with Gasteiger partial charge in [-0.2, -0.15) is 5.10 Å². The number of amides is 1. The molecule has 5 nitrogen and oxygen atoms in total. The van der Waals surface area contributed by atoms with Gasteiger partial charge in [0.05, 0.1) is 17.2 Å². The van der Waals surface area contributed by atoms with Crippen LogP contribution in [-0.4, -0.2) is 33.6 Å². The van der Waals surface area contributed by atoms with Gasteiger partial charge in [-0.1, -0.05) is 48.5 Å². The van der Waals surface area contributed by atoms with Gasteiger partial charge in [-0.25, -0.2) is 4.39 Å². The lowest BCUT2D eigenvalue weighted by atomic mass is 9.94. The van der Waals surface area contributed by atoms with Gasteiger partial charge in [0.1, 0.15) is 6.67 Å². The fourth-order valence-corrected chi connectivity index (χ4v) is 3.29. The minimum atomic E-state index is -0.948. The third-order valence-electron chi connectivity index (χ3n) is 4.88. The molecule has 0 bridgehead atoms. The number of aromatic nitrogens is 2. The van der Waals surface area contributed by atoms with Crippen molar-refractivity contribution in [1.82, 2.24) is 15.1 Å². The van der Waals surface area contributed by atoms with E-state index in [-0.39, 0.29) is 5.91 Å². The van der Waals surface area contributed by atoms with Gasteiger partial charge >= 0.3 is 0 Å². The first-order valence-corrected chi connectivity index (χ1v) is 9.50. The van der Waals surface area contributed by atoms with Gasteiger partial charge in [0.15, 0.2) is 5.69 Å². The van der Waals surface area contributed by atoms with Crippen LogP contribution in [-0.2, 0) is 12.1 Å². The number of benzene rings is 2. The molecular weight excluding hydrogens is 357 g/mol. The van der Waals surface area contributed by atoms with Crippen molar-refractivity contribution < 1.29 is 14.3 Å². The first-order chi connectivity index (χ1) is 13.4. The number of hydrogen-bond donors (Lipinski definition) is 2. The summed E-state index contributed by atoms with van der Waals surface area (Å²) in [6.45, 7) is 3.67. The molecule has 0 saturated carbocycles. The number of rotatable bonds is 8.